The summed E-state index contributed by atoms with van der Waals surface area (Å²) >= 11 is 1.76. The van der Waals surface area contributed by atoms with Gasteiger partial charge in [-0.25, -0.2) is 4.98 Å². The van der Waals surface area contributed by atoms with Crippen molar-refractivity contribution < 1.29 is 0 Å². The lowest BCUT2D eigenvalue weighted by atomic mass is 10.3. The molecule has 0 bridgehead atoms. The third-order valence-corrected chi connectivity index (χ3v) is 5.06. The van der Waals surface area contributed by atoms with Crippen molar-refractivity contribution in [3.8, 4) is 0 Å². The number of nitrogens with one attached hydrogen (secondary N) is 1. The van der Waals surface area contributed by atoms with Gasteiger partial charge in [-0.05, 0) is 32.8 Å². The minimum Gasteiger partial charge on any atom is -0.302 e. The molecule has 1 saturated carbocycles. The van der Waals surface area contributed by atoms with Crippen molar-refractivity contribution in [2.75, 3.05) is 0 Å². The van der Waals surface area contributed by atoms with E-state index < -0.39 is 0 Å². The van der Waals surface area contributed by atoms with Crippen molar-refractivity contribution in [3.05, 3.63) is 34.0 Å². The first-order valence-electron chi connectivity index (χ1n) is 7.42. The molecule has 0 radical (unpaired) electrons. The number of aryl methyl sites for hydroxylation is 1. The van der Waals surface area contributed by atoms with Gasteiger partial charge in [0.2, 0.25) is 0 Å². The van der Waals surface area contributed by atoms with E-state index in [1.165, 1.54) is 30.6 Å². The Bertz CT molecular complexity index is 554. The third kappa shape index (κ3) is 3.10. The van der Waals surface area contributed by atoms with E-state index in [0.29, 0.717) is 6.04 Å². The Hall–Kier alpha value is -1.20. The minimum absolute atomic E-state index is 0.283. The molecule has 1 N–H and O–H groups in total. The Kier molecular flexibility index (Phi) is 4.17. The molecule has 1 aliphatic carbocycles. The van der Waals surface area contributed by atoms with Crippen molar-refractivity contribution in [2.45, 2.75) is 58.2 Å². The highest BCUT2D eigenvalue weighted by Gasteiger charge is 2.17. The molecule has 0 saturated heterocycles. The molecule has 20 heavy (non-hydrogen) atoms. The summed E-state index contributed by atoms with van der Waals surface area (Å²) in [5, 5.41) is 9.36. The fourth-order valence-electron chi connectivity index (χ4n) is 2.76. The highest BCUT2D eigenvalue weighted by atomic mass is 32.1. The van der Waals surface area contributed by atoms with Gasteiger partial charge in [-0.1, -0.05) is 12.8 Å². The van der Waals surface area contributed by atoms with Gasteiger partial charge in [0, 0.05) is 23.8 Å². The van der Waals surface area contributed by atoms with E-state index >= 15 is 0 Å². The second-order valence-electron chi connectivity index (χ2n) is 5.64. The first kappa shape index (κ1) is 13.8. The summed E-state index contributed by atoms with van der Waals surface area (Å²) in [6, 6.07) is 3.04. The van der Waals surface area contributed by atoms with E-state index in [1.807, 2.05) is 6.20 Å². The van der Waals surface area contributed by atoms with Crippen LogP contribution in [0.3, 0.4) is 0 Å². The third-order valence-electron chi connectivity index (χ3n) is 3.96. The molecule has 0 aliphatic heterocycles. The molecule has 1 atom stereocenters. The van der Waals surface area contributed by atoms with Crippen LogP contribution in [0, 0.1) is 6.92 Å². The second kappa shape index (κ2) is 6.06. The SMILES string of the molecule is Cc1cnc(C(C)NCc2ccn(C3CCCC3)n2)s1. The number of aromatic nitrogens is 3. The van der Waals surface area contributed by atoms with Gasteiger partial charge in [-0.3, -0.25) is 4.68 Å². The van der Waals surface area contributed by atoms with Crippen LogP contribution in [0.1, 0.15) is 60.3 Å². The second-order valence-corrected chi connectivity index (χ2v) is 6.90. The van der Waals surface area contributed by atoms with Crippen molar-refractivity contribution in [1.82, 2.24) is 20.1 Å². The number of rotatable bonds is 5. The smallest absolute Gasteiger partial charge is 0.109 e. The Balaban J connectivity index is 1.55. The van der Waals surface area contributed by atoms with Crippen molar-refractivity contribution >= 4 is 11.3 Å². The number of hydrogen-bond donors (Lipinski definition) is 1. The van der Waals surface area contributed by atoms with Crippen LogP contribution in [0.25, 0.3) is 0 Å². The summed E-state index contributed by atoms with van der Waals surface area (Å²) in [6.07, 6.45) is 9.32. The van der Waals surface area contributed by atoms with E-state index in [9.17, 15) is 0 Å². The maximum Gasteiger partial charge on any atom is 0.109 e. The molecule has 4 nitrogen and oxygen atoms in total. The summed E-state index contributed by atoms with van der Waals surface area (Å²) in [7, 11) is 0. The largest absolute Gasteiger partial charge is 0.302 e. The number of nitrogens with zero attached hydrogens (tertiary/aromatic N) is 3. The van der Waals surface area contributed by atoms with Crippen LogP contribution in [-0.4, -0.2) is 14.8 Å². The Labute approximate surface area is 124 Å². The molecule has 3 rings (SSSR count). The van der Waals surface area contributed by atoms with Crippen LogP contribution in [0.15, 0.2) is 18.5 Å². The van der Waals surface area contributed by atoms with Crippen molar-refractivity contribution in [3.63, 3.8) is 0 Å². The molecule has 1 unspecified atom stereocenters. The Morgan fingerprint density at radius 2 is 2.25 bits per heavy atom. The molecular formula is C15H22N4S. The predicted octanol–water partition coefficient (Wildman–Crippen LogP) is 3.61. The summed E-state index contributed by atoms with van der Waals surface area (Å²) in [4.78, 5) is 5.69. The maximum atomic E-state index is 4.70. The zero-order chi connectivity index (χ0) is 13.9. The normalized spacial score (nSPS) is 17.7. The zero-order valence-corrected chi connectivity index (χ0v) is 13.0. The lowest BCUT2D eigenvalue weighted by Gasteiger charge is -2.11. The molecule has 5 heteroatoms. The minimum atomic E-state index is 0.283. The highest BCUT2D eigenvalue weighted by Crippen LogP contribution is 2.28. The molecule has 108 valence electrons. The molecule has 2 aromatic heterocycles. The van der Waals surface area contributed by atoms with Crippen molar-refractivity contribution in [2.24, 2.45) is 0 Å². The van der Waals surface area contributed by atoms with Crippen LogP contribution in [0.2, 0.25) is 0 Å². The fraction of sp³-hybridized carbons (Fsp3) is 0.600. The van der Waals surface area contributed by atoms with Gasteiger partial charge in [0.25, 0.3) is 0 Å². The van der Waals surface area contributed by atoms with Gasteiger partial charge in [0.15, 0.2) is 0 Å². The summed E-state index contributed by atoms with van der Waals surface area (Å²) < 4.78 is 2.15. The standard InChI is InChI=1S/C15H22N4S/c1-11-9-17-15(20-11)12(2)16-10-13-7-8-19(18-13)14-5-3-4-6-14/h7-9,12,14,16H,3-6,10H2,1-2H3. The fourth-order valence-corrected chi connectivity index (χ4v) is 3.56. The van der Waals surface area contributed by atoms with E-state index in [-0.39, 0.29) is 6.04 Å². The average molecular weight is 290 g/mol. The first-order valence-corrected chi connectivity index (χ1v) is 8.24. The van der Waals surface area contributed by atoms with Gasteiger partial charge >= 0.3 is 0 Å². The van der Waals surface area contributed by atoms with Crippen LogP contribution in [0.4, 0.5) is 0 Å². The van der Waals surface area contributed by atoms with Gasteiger partial charge in [-0.2, -0.15) is 5.10 Å². The lowest BCUT2D eigenvalue weighted by molar-refractivity contribution is 0.458. The maximum absolute atomic E-state index is 4.70. The molecule has 0 spiro atoms. The zero-order valence-electron chi connectivity index (χ0n) is 12.2. The Morgan fingerprint density at radius 1 is 1.45 bits per heavy atom. The average Bonchev–Trinajstić information content (AvgIpc) is 3.16. The summed E-state index contributed by atoms with van der Waals surface area (Å²) in [6.45, 7) is 5.06. The van der Waals surface area contributed by atoms with E-state index in [4.69, 9.17) is 5.10 Å². The first-order chi connectivity index (χ1) is 9.72. The molecule has 2 aromatic rings. The van der Waals surface area contributed by atoms with E-state index in [1.54, 1.807) is 11.3 Å². The van der Waals surface area contributed by atoms with Crippen molar-refractivity contribution in [1.29, 1.82) is 0 Å². The highest BCUT2D eigenvalue weighted by molar-refractivity contribution is 7.11. The lowest BCUT2D eigenvalue weighted by Crippen LogP contribution is -2.18. The molecule has 2 heterocycles. The summed E-state index contributed by atoms with van der Waals surface area (Å²) in [5.41, 5.74) is 1.12. The van der Waals surface area contributed by atoms with E-state index in [2.05, 4.69) is 41.1 Å². The quantitative estimate of drug-likeness (QED) is 0.914. The van der Waals surface area contributed by atoms with Gasteiger partial charge < -0.3 is 5.32 Å². The van der Waals surface area contributed by atoms with Gasteiger partial charge in [0.05, 0.1) is 17.8 Å². The molecule has 1 aliphatic rings. The van der Waals surface area contributed by atoms with Gasteiger partial charge in [-0.15, -0.1) is 11.3 Å². The predicted molar refractivity (Wildman–Crippen MR) is 81.8 cm³/mol. The van der Waals surface area contributed by atoms with Crippen LogP contribution < -0.4 is 5.32 Å². The monoisotopic (exact) mass is 290 g/mol. The number of thiazole rings is 1. The van der Waals surface area contributed by atoms with Crippen LogP contribution in [0.5, 0.6) is 0 Å². The Morgan fingerprint density at radius 3 is 2.95 bits per heavy atom. The van der Waals surface area contributed by atoms with Crippen LogP contribution in [-0.2, 0) is 6.54 Å². The molecular weight excluding hydrogens is 268 g/mol. The van der Waals surface area contributed by atoms with E-state index in [0.717, 1.165) is 17.2 Å². The molecule has 0 aromatic carbocycles. The number of hydrogen-bond acceptors (Lipinski definition) is 4. The summed E-state index contributed by atoms with van der Waals surface area (Å²) in [5.74, 6) is 0. The topological polar surface area (TPSA) is 42.7 Å². The molecule has 0 amide bonds. The van der Waals surface area contributed by atoms with Gasteiger partial charge in [0.1, 0.15) is 5.01 Å². The van der Waals surface area contributed by atoms with Crippen LogP contribution >= 0.6 is 11.3 Å². The molecule has 1 fully saturated rings.